The van der Waals surface area contributed by atoms with Gasteiger partial charge in [0.15, 0.2) is 0 Å². The van der Waals surface area contributed by atoms with Gasteiger partial charge >= 0.3 is 0 Å². The predicted octanol–water partition coefficient (Wildman–Crippen LogP) is 1.52. The minimum absolute atomic E-state index is 0.657. The van der Waals surface area contributed by atoms with Gasteiger partial charge in [-0.3, -0.25) is 0 Å². The van der Waals surface area contributed by atoms with E-state index in [0.717, 1.165) is 11.5 Å². The molecular formula is C11H22N2. The molecule has 2 fully saturated rings. The molecule has 1 aliphatic heterocycles. The first-order chi connectivity index (χ1) is 6.20. The Morgan fingerprint density at radius 2 is 1.85 bits per heavy atom. The van der Waals surface area contributed by atoms with Crippen molar-refractivity contribution >= 4 is 0 Å². The van der Waals surface area contributed by atoms with Crippen LogP contribution in [0, 0.1) is 5.41 Å². The highest BCUT2D eigenvalue weighted by Gasteiger charge is 2.44. The maximum atomic E-state index is 3.63. The fourth-order valence-corrected chi connectivity index (χ4v) is 2.94. The monoisotopic (exact) mass is 182 g/mol. The lowest BCUT2D eigenvalue weighted by atomic mass is 9.60. The van der Waals surface area contributed by atoms with Gasteiger partial charge < -0.3 is 10.6 Å². The van der Waals surface area contributed by atoms with Crippen molar-refractivity contribution in [1.82, 2.24) is 10.6 Å². The van der Waals surface area contributed by atoms with E-state index in [9.17, 15) is 0 Å². The molecule has 0 aromatic rings. The third kappa shape index (κ3) is 2.05. The van der Waals surface area contributed by atoms with Crippen LogP contribution in [0.15, 0.2) is 0 Å². The molecule has 1 saturated heterocycles. The lowest BCUT2D eigenvalue weighted by Crippen LogP contribution is -2.54. The van der Waals surface area contributed by atoms with E-state index in [2.05, 4.69) is 24.5 Å². The Hall–Kier alpha value is -0.0800. The van der Waals surface area contributed by atoms with Gasteiger partial charge in [-0.1, -0.05) is 13.8 Å². The molecule has 1 spiro atoms. The van der Waals surface area contributed by atoms with Crippen molar-refractivity contribution in [2.75, 3.05) is 13.1 Å². The molecule has 0 amide bonds. The van der Waals surface area contributed by atoms with Crippen LogP contribution in [0.2, 0.25) is 0 Å². The van der Waals surface area contributed by atoms with Gasteiger partial charge in [0.25, 0.3) is 0 Å². The second-order valence-electron chi connectivity index (χ2n) is 5.18. The summed E-state index contributed by atoms with van der Waals surface area (Å²) in [4.78, 5) is 0. The van der Waals surface area contributed by atoms with Crippen molar-refractivity contribution in [2.45, 2.75) is 51.6 Å². The van der Waals surface area contributed by atoms with Crippen LogP contribution in [-0.4, -0.2) is 25.2 Å². The molecule has 2 nitrogen and oxygen atoms in total. The summed E-state index contributed by atoms with van der Waals surface area (Å²) in [6, 6.07) is 1.47. The van der Waals surface area contributed by atoms with Crippen molar-refractivity contribution in [3.63, 3.8) is 0 Å². The first kappa shape index (κ1) is 9.47. The van der Waals surface area contributed by atoms with Crippen molar-refractivity contribution in [3.8, 4) is 0 Å². The molecule has 0 radical (unpaired) electrons. The zero-order valence-corrected chi connectivity index (χ0v) is 8.90. The van der Waals surface area contributed by atoms with Gasteiger partial charge in [0.05, 0.1) is 0 Å². The van der Waals surface area contributed by atoms with Crippen LogP contribution in [0.25, 0.3) is 0 Å². The van der Waals surface area contributed by atoms with Crippen molar-refractivity contribution < 1.29 is 0 Å². The molecule has 0 unspecified atom stereocenters. The second-order valence-corrected chi connectivity index (χ2v) is 5.18. The molecule has 1 heterocycles. The van der Waals surface area contributed by atoms with Crippen LogP contribution in [0.1, 0.15) is 39.5 Å². The normalized spacial score (nSPS) is 27.9. The lowest BCUT2D eigenvalue weighted by Gasteiger charge is -2.51. The Labute approximate surface area is 81.5 Å². The maximum Gasteiger partial charge on any atom is 0.00800 e. The molecule has 1 aliphatic carbocycles. The average Bonchev–Trinajstić information content (AvgIpc) is 2.02. The first-order valence-electron chi connectivity index (χ1n) is 5.67. The van der Waals surface area contributed by atoms with E-state index in [-0.39, 0.29) is 0 Å². The second kappa shape index (κ2) is 3.58. The molecule has 2 heteroatoms. The van der Waals surface area contributed by atoms with Gasteiger partial charge in [-0.2, -0.15) is 0 Å². The highest BCUT2D eigenvalue weighted by molar-refractivity contribution is 5.00. The lowest BCUT2D eigenvalue weighted by molar-refractivity contribution is 0.0424. The van der Waals surface area contributed by atoms with Gasteiger partial charge in [-0.25, -0.2) is 0 Å². The molecule has 76 valence electrons. The van der Waals surface area contributed by atoms with Gasteiger partial charge in [0.1, 0.15) is 0 Å². The summed E-state index contributed by atoms with van der Waals surface area (Å²) in [5.41, 5.74) is 0.734. The van der Waals surface area contributed by atoms with Crippen molar-refractivity contribution in [1.29, 1.82) is 0 Å². The fourth-order valence-electron chi connectivity index (χ4n) is 2.94. The highest BCUT2D eigenvalue weighted by Crippen LogP contribution is 2.47. The zero-order valence-electron chi connectivity index (χ0n) is 8.90. The van der Waals surface area contributed by atoms with Gasteiger partial charge in [0.2, 0.25) is 0 Å². The maximum absolute atomic E-state index is 3.63. The minimum Gasteiger partial charge on any atom is -0.317 e. The average molecular weight is 182 g/mol. The SMILES string of the molecule is CC(C)NC1CC2(CCNCC2)C1. The summed E-state index contributed by atoms with van der Waals surface area (Å²) >= 11 is 0. The molecule has 0 aromatic carbocycles. The van der Waals surface area contributed by atoms with Crippen LogP contribution >= 0.6 is 0 Å². The molecule has 2 N–H and O–H groups in total. The van der Waals surface area contributed by atoms with Crippen LogP contribution in [0.3, 0.4) is 0 Å². The summed E-state index contributed by atoms with van der Waals surface area (Å²) in [5, 5.41) is 7.07. The zero-order chi connectivity index (χ0) is 9.31. The van der Waals surface area contributed by atoms with Gasteiger partial charge in [-0.15, -0.1) is 0 Å². The van der Waals surface area contributed by atoms with Crippen LogP contribution in [0.5, 0.6) is 0 Å². The largest absolute Gasteiger partial charge is 0.317 e. The molecule has 2 rings (SSSR count). The molecule has 13 heavy (non-hydrogen) atoms. The Bertz CT molecular complexity index is 163. The van der Waals surface area contributed by atoms with Crippen molar-refractivity contribution in [3.05, 3.63) is 0 Å². The number of rotatable bonds is 2. The summed E-state index contributed by atoms with van der Waals surface area (Å²) in [6.07, 6.45) is 5.66. The van der Waals surface area contributed by atoms with Crippen molar-refractivity contribution in [2.24, 2.45) is 5.41 Å². The molecule has 0 atom stereocenters. The van der Waals surface area contributed by atoms with E-state index in [1.807, 2.05) is 0 Å². The third-order valence-corrected chi connectivity index (χ3v) is 3.59. The number of nitrogens with one attached hydrogen (secondary N) is 2. The van der Waals surface area contributed by atoms with Crippen LogP contribution in [0.4, 0.5) is 0 Å². The summed E-state index contributed by atoms with van der Waals surface area (Å²) < 4.78 is 0. The van der Waals surface area contributed by atoms with Crippen LogP contribution < -0.4 is 10.6 Å². The topological polar surface area (TPSA) is 24.1 Å². The first-order valence-corrected chi connectivity index (χ1v) is 5.67. The minimum atomic E-state index is 0.657. The van der Waals surface area contributed by atoms with E-state index in [0.29, 0.717) is 6.04 Å². The molecule has 1 saturated carbocycles. The molecule has 0 aromatic heterocycles. The standard InChI is InChI=1S/C11H22N2/c1-9(2)13-10-7-11(8-10)3-5-12-6-4-11/h9-10,12-13H,3-8H2,1-2H3. The Morgan fingerprint density at radius 1 is 1.23 bits per heavy atom. The van der Waals surface area contributed by atoms with E-state index in [4.69, 9.17) is 0 Å². The predicted molar refractivity (Wildman–Crippen MR) is 55.8 cm³/mol. The van der Waals surface area contributed by atoms with Gasteiger partial charge in [-0.05, 0) is 44.2 Å². The number of piperidine rings is 1. The number of hydrogen-bond acceptors (Lipinski definition) is 2. The summed E-state index contributed by atoms with van der Waals surface area (Å²) in [6.45, 7) is 6.98. The Kier molecular flexibility index (Phi) is 2.61. The summed E-state index contributed by atoms with van der Waals surface area (Å²) in [7, 11) is 0. The van der Waals surface area contributed by atoms with Crippen LogP contribution in [-0.2, 0) is 0 Å². The quantitative estimate of drug-likeness (QED) is 0.676. The fraction of sp³-hybridized carbons (Fsp3) is 1.00. The van der Waals surface area contributed by atoms with E-state index in [1.165, 1.54) is 38.8 Å². The summed E-state index contributed by atoms with van der Waals surface area (Å²) in [5.74, 6) is 0. The Morgan fingerprint density at radius 3 is 2.38 bits per heavy atom. The molecule has 0 bridgehead atoms. The smallest absolute Gasteiger partial charge is 0.00800 e. The Balaban J connectivity index is 1.75. The third-order valence-electron chi connectivity index (χ3n) is 3.59. The van der Waals surface area contributed by atoms with E-state index in [1.54, 1.807) is 0 Å². The van der Waals surface area contributed by atoms with E-state index < -0.39 is 0 Å². The molecule has 2 aliphatic rings. The number of hydrogen-bond donors (Lipinski definition) is 2. The highest BCUT2D eigenvalue weighted by atomic mass is 15.0. The van der Waals surface area contributed by atoms with E-state index >= 15 is 0 Å². The molecular weight excluding hydrogens is 160 g/mol. The van der Waals surface area contributed by atoms with Gasteiger partial charge in [0, 0.05) is 12.1 Å².